The summed E-state index contributed by atoms with van der Waals surface area (Å²) < 4.78 is 11.4. The smallest absolute Gasteiger partial charge is 0.307 e. The number of ether oxygens (including phenoxy) is 2. The summed E-state index contributed by atoms with van der Waals surface area (Å²) in [6.07, 6.45) is 10.0. The first-order chi connectivity index (χ1) is 16.3. The van der Waals surface area contributed by atoms with Gasteiger partial charge in [0.05, 0.1) is 12.8 Å². The Morgan fingerprint density at radius 2 is 1.00 bits per heavy atom. The van der Waals surface area contributed by atoms with Crippen LogP contribution in [0.15, 0.2) is 0 Å². The van der Waals surface area contributed by atoms with Gasteiger partial charge in [0.1, 0.15) is 12.2 Å². The summed E-state index contributed by atoms with van der Waals surface area (Å²) in [5.74, 6) is 0.413. The van der Waals surface area contributed by atoms with E-state index in [0.29, 0.717) is 24.7 Å². The molecular weight excluding hydrogens is 436 g/mol. The topological polar surface area (TPSA) is 105 Å². The molecule has 0 amide bonds. The van der Waals surface area contributed by atoms with E-state index >= 15 is 0 Å². The number of nitrogens with zero attached hydrogens (tertiary/aromatic N) is 2. The van der Waals surface area contributed by atoms with Crippen LogP contribution in [0.5, 0.6) is 0 Å². The van der Waals surface area contributed by atoms with Crippen molar-refractivity contribution in [2.45, 2.75) is 140 Å². The Balaban J connectivity index is 1.41. The fourth-order valence-corrected chi connectivity index (χ4v) is 6.47. The Bertz CT molecular complexity index is 631. The van der Waals surface area contributed by atoms with Crippen molar-refractivity contribution in [3.05, 3.63) is 10.4 Å². The van der Waals surface area contributed by atoms with Crippen LogP contribution in [0, 0.1) is 22.3 Å². The highest BCUT2D eigenvalue weighted by Gasteiger charge is 2.43. The maximum atomic E-state index is 13.4. The van der Waals surface area contributed by atoms with Crippen molar-refractivity contribution in [3.63, 3.8) is 0 Å². The van der Waals surface area contributed by atoms with Crippen molar-refractivity contribution >= 4 is 11.9 Å². The van der Waals surface area contributed by atoms with E-state index in [0.717, 1.165) is 74.3 Å². The third-order valence-corrected chi connectivity index (χ3v) is 8.72. The van der Waals surface area contributed by atoms with Gasteiger partial charge in [0.2, 0.25) is 0 Å². The second kappa shape index (κ2) is 11.7. The number of carbonyl (C=O) groups is 2. The molecule has 0 radical (unpaired) electrons. The lowest BCUT2D eigenvalue weighted by atomic mass is 9.83. The summed E-state index contributed by atoms with van der Waals surface area (Å²) in [7, 11) is 0. The molecule has 3 aliphatic carbocycles. The van der Waals surface area contributed by atoms with Gasteiger partial charge >= 0.3 is 11.9 Å². The molecule has 194 valence electrons. The van der Waals surface area contributed by atoms with Gasteiger partial charge in [0, 0.05) is 24.2 Å². The van der Waals surface area contributed by atoms with Gasteiger partial charge in [-0.3, -0.25) is 9.59 Å². The van der Waals surface area contributed by atoms with E-state index in [1.165, 1.54) is 0 Å². The Morgan fingerprint density at radius 3 is 1.35 bits per heavy atom. The minimum atomic E-state index is -0.884. The number of piperazine rings is 1. The normalized spacial score (nSPS) is 39.8. The molecule has 4 rings (SSSR count). The zero-order chi connectivity index (χ0) is 24.2. The summed E-state index contributed by atoms with van der Waals surface area (Å²) in [4.78, 5) is 25.7. The van der Waals surface area contributed by atoms with Gasteiger partial charge in [-0.05, 0) is 76.0 Å². The van der Waals surface area contributed by atoms with Crippen LogP contribution < -0.4 is 0 Å². The summed E-state index contributed by atoms with van der Waals surface area (Å²) in [5.41, 5.74) is 0. The van der Waals surface area contributed by atoms with E-state index < -0.39 is 36.1 Å². The molecule has 0 spiro atoms. The van der Waals surface area contributed by atoms with Crippen molar-refractivity contribution < 1.29 is 19.1 Å². The van der Waals surface area contributed by atoms with Crippen molar-refractivity contribution in [1.29, 1.82) is 0 Å². The maximum absolute atomic E-state index is 13.4. The van der Waals surface area contributed by atoms with Gasteiger partial charge in [-0.15, -0.1) is 0 Å². The number of fused-ring (bicyclic) bond motifs is 1. The third kappa shape index (κ3) is 6.31. The first-order valence-corrected chi connectivity index (χ1v) is 13.6. The highest BCUT2D eigenvalue weighted by molar-refractivity contribution is 5.72. The molecule has 8 heteroatoms. The van der Waals surface area contributed by atoms with Crippen LogP contribution in [-0.4, -0.2) is 58.4 Å². The van der Waals surface area contributed by atoms with E-state index in [9.17, 15) is 20.0 Å². The second-order valence-electron chi connectivity index (χ2n) is 11.4. The molecule has 4 fully saturated rings. The predicted octanol–water partition coefficient (Wildman–Crippen LogP) is 4.67. The van der Waals surface area contributed by atoms with E-state index in [1.54, 1.807) is 0 Å². The molecule has 1 heterocycles. The second-order valence-corrected chi connectivity index (χ2v) is 11.4. The zero-order valence-electron chi connectivity index (χ0n) is 20.9. The van der Waals surface area contributed by atoms with E-state index in [1.807, 2.05) is 0 Å². The summed E-state index contributed by atoms with van der Waals surface area (Å²) in [6.45, 7) is 4.41. The monoisotopic (exact) mass is 478 g/mol. The van der Waals surface area contributed by atoms with Crippen LogP contribution in [0.1, 0.15) is 104 Å². The van der Waals surface area contributed by atoms with Gasteiger partial charge in [-0.25, -0.2) is 0 Å². The molecule has 4 aliphatic rings. The van der Waals surface area contributed by atoms with E-state index in [-0.39, 0.29) is 25.0 Å². The first-order valence-electron chi connectivity index (χ1n) is 13.6. The van der Waals surface area contributed by atoms with Crippen LogP contribution >= 0.6 is 0 Å². The van der Waals surface area contributed by atoms with Crippen molar-refractivity contribution in [2.24, 2.45) is 11.8 Å². The van der Waals surface area contributed by atoms with Crippen LogP contribution in [0.2, 0.25) is 0 Å². The molecule has 4 unspecified atom stereocenters. The highest BCUT2D eigenvalue weighted by Crippen LogP contribution is 2.37. The average Bonchev–Trinajstić information content (AvgIpc) is 2.82. The van der Waals surface area contributed by atoms with E-state index in [4.69, 9.17) is 9.47 Å². The van der Waals surface area contributed by atoms with Gasteiger partial charge in [0.15, 0.2) is 0 Å². The molecule has 0 aromatic carbocycles. The lowest BCUT2D eigenvalue weighted by Crippen LogP contribution is -2.66. The maximum Gasteiger partial charge on any atom is 0.307 e. The van der Waals surface area contributed by atoms with Crippen molar-refractivity contribution in [3.8, 4) is 0 Å². The largest absolute Gasteiger partial charge is 0.785 e. The zero-order valence-corrected chi connectivity index (χ0v) is 20.9. The number of hydrogen-bond donors (Lipinski definition) is 0. The van der Waals surface area contributed by atoms with Gasteiger partial charge < -0.3 is 30.0 Å². The Labute approximate surface area is 203 Å². The molecule has 0 bridgehead atoms. The summed E-state index contributed by atoms with van der Waals surface area (Å²) >= 11 is 0. The van der Waals surface area contributed by atoms with Crippen LogP contribution in [0.3, 0.4) is 0 Å². The number of esters is 2. The van der Waals surface area contributed by atoms with Crippen LogP contribution in [0.4, 0.5) is 0 Å². The predicted molar refractivity (Wildman–Crippen MR) is 128 cm³/mol. The molecule has 1 saturated heterocycles. The van der Waals surface area contributed by atoms with Gasteiger partial charge in [-0.1, -0.05) is 26.7 Å². The fourth-order valence-electron chi connectivity index (χ4n) is 6.47. The number of carbonyl (C=O) groups excluding carboxylic acids is 2. The van der Waals surface area contributed by atoms with Crippen LogP contribution in [0.25, 0.3) is 0 Å². The molecule has 0 aromatic heterocycles. The number of hydroxylamine groups is 4. The Morgan fingerprint density at radius 1 is 0.647 bits per heavy atom. The lowest BCUT2D eigenvalue weighted by molar-refractivity contribution is -0.159. The van der Waals surface area contributed by atoms with Gasteiger partial charge in [0.25, 0.3) is 0 Å². The van der Waals surface area contributed by atoms with Crippen LogP contribution in [-0.2, 0) is 19.1 Å². The molecule has 0 aromatic rings. The number of rotatable bonds is 6. The quantitative estimate of drug-likeness (QED) is 0.507. The minimum Gasteiger partial charge on any atom is -0.785 e. The minimum absolute atomic E-state index is 0.115. The Kier molecular flexibility index (Phi) is 8.88. The third-order valence-electron chi connectivity index (χ3n) is 8.72. The summed E-state index contributed by atoms with van der Waals surface area (Å²) in [6, 6.07) is -2.62. The molecule has 0 N–H and O–H groups in total. The van der Waals surface area contributed by atoms with E-state index in [2.05, 4.69) is 13.8 Å². The Hall–Kier alpha value is -1.22. The van der Waals surface area contributed by atoms with Crippen molar-refractivity contribution in [2.75, 3.05) is 0 Å². The molecule has 3 saturated carbocycles. The standard InChI is InChI=1S/C26H42N2O6/c1-17-7-11-19(12-8-17)33-25(29)15-23-24(16-26(30)34-20-13-9-18(2)10-14-20)28(32)22-6-4-3-5-21(22)27(23)31/h17-24H,3-16H2,1-2H3/q-2. The first kappa shape index (κ1) is 25.9. The highest BCUT2D eigenvalue weighted by atomic mass is 16.6. The van der Waals surface area contributed by atoms with Gasteiger partial charge in [-0.2, -0.15) is 0 Å². The molecule has 1 aliphatic heterocycles. The fraction of sp³-hybridized carbons (Fsp3) is 0.923. The molecule has 4 atom stereocenters. The summed E-state index contributed by atoms with van der Waals surface area (Å²) in [5, 5.41) is 28.7. The number of hydrogen-bond acceptors (Lipinski definition) is 8. The molecule has 8 nitrogen and oxygen atoms in total. The SMILES string of the molecule is CC1CCC(OC(=O)CC2C(CC(=O)OC3CCC(C)CC3)N([O-])C3CCCCC3N2[O-])CC1. The lowest BCUT2D eigenvalue weighted by Gasteiger charge is -2.63. The van der Waals surface area contributed by atoms with Crippen molar-refractivity contribution in [1.82, 2.24) is 10.1 Å². The molecule has 34 heavy (non-hydrogen) atoms. The molecular formula is C26H42N2O6-2. The average molecular weight is 479 g/mol.